The normalized spacial score (nSPS) is 21.1. The lowest BCUT2D eigenvalue weighted by Gasteiger charge is -2.38. The fourth-order valence-corrected chi connectivity index (χ4v) is 2.94. The fourth-order valence-electron chi connectivity index (χ4n) is 2.94. The second-order valence-electron chi connectivity index (χ2n) is 5.70. The number of halogens is 1. The largest absolute Gasteiger partial charge is 0.394 e. The van der Waals surface area contributed by atoms with Crippen LogP contribution in [0, 0.1) is 12.7 Å². The number of aliphatic hydroxyl groups is 1. The number of anilines is 1. The predicted molar refractivity (Wildman–Crippen MR) is 80.7 cm³/mol. The Kier molecular flexibility index (Phi) is 5.00. The summed E-state index contributed by atoms with van der Waals surface area (Å²) in [6.07, 6.45) is 3.28. The molecule has 0 aliphatic carbocycles. The zero-order chi connectivity index (χ0) is 14.7. The van der Waals surface area contributed by atoms with E-state index in [1.54, 1.807) is 13.0 Å². The van der Waals surface area contributed by atoms with E-state index in [0.29, 0.717) is 5.56 Å². The van der Waals surface area contributed by atoms with E-state index in [1.165, 1.54) is 0 Å². The number of nitrogens with zero attached hydrogens (tertiary/aromatic N) is 1. The molecule has 0 aromatic heterocycles. The summed E-state index contributed by atoms with van der Waals surface area (Å²) in [6, 6.07) is 3.79. The van der Waals surface area contributed by atoms with Crippen molar-refractivity contribution in [3.8, 4) is 0 Å². The Morgan fingerprint density at radius 1 is 1.45 bits per heavy atom. The van der Waals surface area contributed by atoms with Gasteiger partial charge in [-0.2, -0.15) is 0 Å². The highest BCUT2D eigenvalue weighted by Crippen LogP contribution is 2.33. The third-order valence-electron chi connectivity index (χ3n) is 4.35. The van der Waals surface area contributed by atoms with Gasteiger partial charge in [-0.3, -0.25) is 0 Å². The van der Waals surface area contributed by atoms with E-state index in [1.807, 2.05) is 20.0 Å². The molecule has 1 saturated heterocycles. The van der Waals surface area contributed by atoms with Crippen LogP contribution in [-0.2, 0) is 0 Å². The number of aliphatic hydroxyl groups excluding tert-OH is 1. The van der Waals surface area contributed by atoms with Crippen molar-refractivity contribution in [3.05, 3.63) is 29.1 Å². The molecular formula is C16H25FN2O. The monoisotopic (exact) mass is 280 g/mol. The van der Waals surface area contributed by atoms with Gasteiger partial charge in [0.2, 0.25) is 0 Å². The van der Waals surface area contributed by atoms with E-state index in [9.17, 15) is 9.50 Å². The van der Waals surface area contributed by atoms with E-state index >= 15 is 0 Å². The van der Waals surface area contributed by atoms with Crippen LogP contribution in [0.5, 0.6) is 0 Å². The van der Waals surface area contributed by atoms with Crippen molar-refractivity contribution in [1.29, 1.82) is 0 Å². The standard InChI is InChI=1S/C16H25FN2O/c1-11-8-16(14(9-15(11)17)12(2)18-3)19-7-5-4-6-13(19)10-20/h8-9,12-13,18,20H,4-7,10H2,1-3H3. The van der Waals surface area contributed by atoms with Crippen molar-refractivity contribution in [3.63, 3.8) is 0 Å². The van der Waals surface area contributed by atoms with Crippen LogP contribution < -0.4 is 10.2 Å². The molecule has 0 spiro atoms. The van der Waals surface area contributed by atoms with Gasteiger partial charge < -0.3 is 15.3 Å². The topological polar surface area (TPSA) is 35.5 Å². The molecule has 4 heteroatoms. The number of aryl methyl sites for hydroxylation is 1. The number of hydrogen-bond acceptors (Lipinski definition) is 3. The zero-order valence-electron chi connectivity index (χ0n) is 12.6. The third kappa shape index (κ3) is 2.96. The van der Waals surface area contributed by atoms with Crippen molar-refractivity contribution in [2.45, 2.75) is 45.2 Å². The minimum atomic E-state index is -0.164. The van der Waals surface area contributed by atoms with Crippen molar-refractivity contribution in [1.82, 2.24) is 5.32 Å². The first-order chi connectivity index (χ1) is 9.58. The van der Waals surface area contributed by atoms with Gasteiger partial charge in [0.1, 0.15) is 5.82 Å². The molecule has 0 bridgehead atoms. The van der Waals surface area contributed by atoms with Crippen molar-refractivity contribution >= 4 is 5.69 Å². The molecule has 1 aromatic rings. The highest BCUT2D eigenvalue weighted by atomic mass is 19.1. The van der Waals surface area contributed by atoms with E-state index in [0.717, 1.165) is 37.1 Å². The fraction of sp³-hybridized carbons (Fsp3) is 0.625. The van der Waals surface area contributed by atoms with Gasteiger partial charge in [0, 0.05) is 18.3 Å². The van der Waals surface area contributed by atoms with Gasteiger partial charge in [-0.05, 0) is 63.4 Å². The first-order valence-electron chi connectivity index (χ1n) is 7.43. The van der Waals surface area contributed by atoms with Gasteiger partial charge in [0.15, 0.2) is 0 Å². The van der Waals surface area contributed by atoms with Crippen LogP contribution in [0.2, 0.25) is 0 Å². The number of nitrogens with one attached hydrogen (secondary N) is 1. The lowest BCUT2D eigenvalue weighted by Crippen LogP contribution is -2.42. The Hall–Kier alpha value is -1.13. The van der Waals surface area contributed by atoms with Crippen LogP contribution in [0.1, 0.15) is 43.4 Å². The molecular weight excluding hydrogens is 255 g/mol. The van der Waals surface area contributed by atoms with Crippen molar-refractivity contribution in [2.75, 3.05) is 25.1 Å². The van der Waals surface area contributed by atoms with Gasteiger partial charge in [0.05, 0.1) is 12.6 Å². The average Bonchev–Trinajstić information content (AvgIpc) is 2.48. The average molecular weight is 280 g/mol. The molecule has 0 amide bonds. The Morgan fingerprint density at radius 3 is 2.85 bits per heavy atom. The summed E-state index contributed by atoms with van der Waals surface area (Å²) in [4.78, 5) is 2.25. The minimum absolute atomic E-state index is 0.0846. The summed E-state index contributed by atoms with van der Waals surface area (Å²) >= 11 is 0. The Labute approximate surface area is 120 Å². The molecule has 2 rings (SSSR count). The number of piperidine rings is 1. The van der Waals surface area contributed by atoms with E-state index in [-0.39, 0.29) is 24.5 Å². The summed E-state index contributed by atoms with van der Waals surface area (Å²) in [7, 11) is 1.88. The van der Waals surface area contributed by atoms with Gasteiger partial charge >= 0.3 is 0 Å². The molecule has 0 saturated carbocycles. The van der Waals surface area contributed by atoms with Crippen molar-refractivity contribution < 1.29 is 9.50 Å². The van der Waals surface area contributed by atoms with Crippen LogP contribution in [-0.4, -0.2) is 31.3 Å². The summed E-state index contributed by atoms with van der Waals surface area (Å²) < 4.78 is 13.9. The number of rotatable bonds is 4. The molecule has 1 heterocycles. The maximum atomic E-state index is 13.9. The summed E-state index contributed by atoms with van der Waals surface area (Å²) in [6.45, 7) is 4.92. The SMILES string of the molecule is CNC(C)c1cc(F)c(C)cc1N1CCCCC1CO. The molecule has 1 aliphatic rings. The number of benzene rings is 1. The molecule has 2 atom stereocenters. The quantitative estimate of drug-likeness (QED) is 0.890. The van der Waals surface area contributed by atoms with E-state index in [4.69, 9.17) is 0 Å². The lowest BCUT2D eigenvalue weighted by atomic mass is 9.97. The van der Waals surface area contributed by atoms with Gasteiger partial charge in [-0.1, -0.05) is 0 Å². The lowest BCUT2D eigenvalue weighted by molar-refractivity contribution is 0.240. The first kappa shape index (κ1) is 15.3. The van der Waals surface area contributed by atoms with E-state index in [2.05, 4.69) is 10.2 Å². The van der Waals surface area contributed by atoms with Crippen LogP contribution in [0.25, 0.3) is 0 Å². The van der Waals surface area contributed by atoms with Gasteiger partial charge in [0.25, 0.3) is 0 Å². The Morgan fingerprint density at radius 2 is 2.20 bits per heavy atom. The summed E-state index contributed by atoms with van der Waals surface area (Å²) in [5.41, 5.74) is 2.69. The second kappa shape index (κ2) is 6.55. The zero-order valence-corrected chi connectivity index (χ0v) is 12.6. The summed E-state index contributed by atoms with van der Waals surface area (Å²) in [5.74, 6) is -0.164. The molecule has 112 valence electrons. The second-order valence-corrected chi connectivity index (χ2v) is 5.70. The highest BCUT2D eigenvalue weighted by molar-refractivity contribution is 5.58. The first-order valence-corrected chi connectivity index (χ1v) is 7.43. The van der Waals surface area contributed by atoms with Crippen LogP contribution in [0.15, 0.2) is 12.1 Å². The third-order valence-corrected chi connectivity index (χ3v) is 4.35. The molecule has 2 N–H and O–H groups in total. The van der Waals surface area contributed by atoms with Crippen molar-refractivity contribution in [2.24, 2.45) is 0 Å². The molecule has 20 heavy (non-hydrogen) atoms. The Bertz CT molecular complexity index is 464. The smallest absolute Gasteiger partial charge is 0.126 e. The summed E-state index contributed by atoms with van der Waals surface area (Å²) in [5, 5.41) is 12.8. The molecule has 1 aliphatic heterocycles. The maximum absolute atomic E-state index is 13.9. The van der Waals surface area contributed by atoms with Gasteiger partial charge in [-0.25, -0.2) is 4.39 Å². The Balaban J connectivity index is 2.44. The van der Waals surface area contributed by atoms with Crippen LogP contribution >= 0.6 is 0 Å². The van der Waals surface area contributed by atoms with Crippen LogP contribution in [0.4, 0.5) is 10.1 Å². The predicted octanol–water partition coefficient (Wildman–Crippen LogP) is 2.77. The maximum Gasteiger partial charge on any atom is 0.126 e. The minimum Gasteiger partial charge on any atom is -0.394 e. The molecule has 3 nitrogen and oxygen atoms in total. The molecule has 1 fully saturated rings. The molecule has 1 aromatic carbocycles. The highest BCUT2D eigenvalue weighted by Gasteiger charge is 2.25. The molecule has 0 radical (unpaired) electrons. The van der Waals surface area contributed by atoms with E-state index < -0.39 is 0 Å². The molecule has 2 unspecified atom stereocenters. The van der Waals surface area contributed by atoms with Gasteiger partial charge in [-0.15, -0.1) is 0 Å². The van der Waals surface area contributed by atoms with Crippen LogP contribution in [0.3, 0.4) is 0 Å². The number of hydrogen-bond donors (Lipinski definition) is 2.